The van der Waals surface area contributed by atoms with Crippen molar-refractivity contribution in [3.05, 3.63) is 108 Å². The average molecular weight is 513 g/mol. The Labute approximate surface area is 217 Å². The highest BCUT2D eigenvalue weighted by Crippen LogP contribution is 2.49. The summed E-state index contributed by atoms with van der Waals surface area (Å²) in [6, 6.07) is 25.8. The maximum atomic E-state index is 13.9. The van der Waals surface area contributed by atoms with Crippen molar-refractivity contribution in [1.29, 1.82) is 0 Å². The molecule has 2 heterocycles. The van der Waals surface area contributed by atoms with Crippen LogP contribution in [0.15, 0.2) is 101 Å². The third-order valence-electron chi connectivity index (χ3n) is 7.94. The van der Waals surface area contributed by atoms with E-state index in [0.29, 0.717) is 12.1 Å². The summed E-state index contributed by atoms with van der Waals surface area (Å²) in [5.74, 6) is -2.04. The molecular formula is C30H28N2O4S. The van der Waals surface area contributed by atoms with Gasteiger partial charge in [-0.05, 0) is 49.1 Å². The first-order valence-corrected chi connectivity index (χ1v) is 14.0. The van der Waals surface area contributed by atoms with Gasteiger partial charge >= 0.3 is 0 Å². The van der Waals surface area contributed by atoms with E-state index in [1.54, 1.807) is 36.4 Å². The van der Waals surface area contributed by atoms with Crippen LogP contribution < -0.4 is 4.90 Å². The normalized spacial score (nSPS) is 25.6. The number of nitrogens with zero attached hydrogens (tertiary/aromatic N) is 2. The van der Waals surface area contributed by atoms with Gasteiger partial charge in [0.05, 0.1) is 22.4 Å². The molecule has 3 aliphatic rings. The van der Waals surface area contributed by atoms with Gasteiger partial charge in [-0.1, -0.05) is 77.9 Å². The molecule has 7 heteroatoms. The van der Waals surface area contributed by atoms with Crippen LogP contribution in [0, 0.1) is 30.6 Å². The smallest absolute Gasteiger partial charge is 0.243 e. The second-order valence-corrected chi connectivity index (χ2v) is 12.1. The van der Waals surface area contributed by atoms with E-state index in [9.17, 15) is 18.0 Å². The Balaban J connectivity index is 1.39. The molecule has 2 fully saturated rings. The van der Waals surface area contributed by atoms with Gasteiger partial charge in [-0.2, -0.15) is 4.31 Å². The number of sulfonamides is 1. The molecule has 3 aromatic carbocycles. The molecule has 188 valence electrons. The lowest BCUT2D eigenvalue weighted by Crippen LogP contribution is -2.37. The fraction of sp³-hybridized carbons (Fsp3) is 0.267. The Kier molecular flexibility index (Phi) is 5.85. The first-order valence-electron chi connectivity index (χ1n) is 12.6. The third-order valence-corrected chi connectivity index (χ3v) is 9.77. The molecule has 0 saturated carbocycles. The number of imide groups is 1. The summed E-state index contributed by atoms with van der Waals surface area (Å²) < 4.78 is 28.5. The van der Waals surface area contributed by atoms with Crippen molar-refractivity contribution in [2.45, 2.75) is 18.2 Å². The average Bonchev–Trinajstić information content (AvgIpc) is 3.44. The van der Waals surface area contributed by atoms with Crippen molar-refractivity contribution in [2.75, 3.05) is 18.0 Å². The van der Waals surface area contributed by atoms with Crippen LogP contribution >= 0.6 is 0 Å². The molecule has 37 heavy (non-hydrogen) atoms. The minimum Gasteiger partial charge on any atom is -0.274 e. The number of fused-ring (bicyclic) bond motifs is 3. The van der Waals surface area contributed by atoms with Crippen molar-refractivity contribution in [1.82, 2.24) is 4.31 Å². The molecule has 0 aromatic heterocycles. The molecule has 6 nitrogen and oxygen atoms in total. The Bertz CT molecular complexity index is 1480. The van der Waals surface area contributed by atoms with Gasteiger partial charge < -0.3 is 0 Å². The summed E-state index contributed by atoms with van der Waals surface area (Å²) in [6.45, 7) is 2.35. The highest BCUT2D eigenvalue weighted by atomic mass is 32.2. The topological polar surface area (TPSA) is 74.8 Å². The number of anilines is 1. The summed E-state index contributed by atoms with van der Waals surface area (Å²) in [4.78, 5) is 29.2. The molecule has 0 spiro atoms. The summed E-state index contributed by atoms with van der Waals surface area (Å²) in [5, 5.41) is 0. The number of allylic oxidation sites excluding steroid dienone is 1. The molecular weight excluding hydrogens is 484 g/mol. The van der Waals surface area contributed by atoms with Crippen molar-refractivity contribution in [3.63, 3.8) is 0 Å². The first-order chi connectivity index (χ1) is 17.8. The standard InChI is InChI=1S/C30H28N2O4S/c1-20-12-14-25(15-13-20)37(35,36)31-18-23-17-22(16-21-8-4-2-5-9-21)27-28(26(23)19-31)30(34)32(29(27)33)24-10-6-3-7-11-24/h2-15,17,22,26-28H,16,18-19H2,1H3/t22-,26+,27-,28+/m1/s1. The van der Waals surface area contributed by atoms with E-state index in [2.05, 4.69) is 6.08 Å². The number of carbonyl (C=O) groups is 2. The van der Waals surface area contributed by atoms with E-state index in [4.69, 9.17) is 0 Å². The second kappa shape index (κ2) is 9.08. The maximum Gasteiger partial charge on any atom is 0.243 e. The van der Waals surface area contributed by atoms with Crippen molar-refractivity contribution in [2.24, 2.45) is 23.7 Å². The summed E-state index contributed by atoms with van der Waals surface area (Å²) in [5.41, 5.74) is 3.57. The zero-order valence-electron chi connectivity index (χ0n) is 20.5. The van der Waals surface area contributed by atoms with E-state index in [0.717, 1.165) is 16.7 Å². The molecule has 4 atom stereocenters. The summed E-state index contributed by atoms with van der Waals surface area (Å²) >= 11 is 0. The molecule has 1 aliphatic carbocycles. The van der Waals surface area contributed by atoms with Gasteiger partial charge in [0, 0.05) is 19.0 Å². The first kappa shape index (κ1) is 23.8. The van der Waals surface area contributed by atoms with Gasteiger partial charge in [0.1, 0.15) is 0 Å². The Morgan fingerprint density at radius 1 is 0.811 bits per heavy atom. The Hall–Kier alpha value is -3.55. The largest absolute Gasteiger partial charge is 0.274 e. The van der Waals surface area contributed by atoms with Crippen LogP contribution in [-0.2, 0) is 26.0 Å². The number of amides is 2. The predicted octanol–water partition coefficient (Wildman–Crippen LogP) is 4.22. The lowest BCUT2D eigenvalue weighted by molar-refractivity contribution is -0.122. The van der Waals surface area contributed by atoms with Crippen LogP contribution in [0.5, 0.6) is 0 Å². The van der Waals surface area contributed by atoms with E-state index in [1.807, 2.05) is 55.5 Å². The molecule has 3 aromatic rings. The number of rotatable bonds is 5. The fourth-order valence-electron chi connectivity index (χ4n) is 6.15. The molecule has 2 aliphatic heterocycles. The van der Waals surface area contributed by atoms with Crippen molar-refractivity contribution in [3.8, 4) is 0 Å². The Morgan fingerprint density at radius 3 is 2.11 bits per heavy atom. The molecule has 2 amide bonds. The minimum atomic E-state index is -3.73. The van der Waals surface area contributed by atoms with Crippen LogP contribution in [0.25, 0.3) is 0 Å². The fourth-order valence-corrected chi connectivity index (χ4v) is 7.61. The predicted molar refractivity (Wildman–Crippen MR) is 141 cm³/mol. The minimum absolute atomic E-state index is 0.189. The monoisotopic (exact) mass is 512 g/mol. The summed E-state index contributed by atoms with van der Waals surface area (Å²) in [6.07, 6.45) is 2.70. The number of aryl methyl sites for hydroxylation is 1. The van der Waals surface area contributed by atoms with Gasteiger partial charge in [0.15, 0.2) is 0 Å². The molecule has 0 bridgehead atoms. The van der Waals surface area contributed by atoms with Crippen LogP contribution in [0.3, 0.4) is 0 Å². The zero-order valence-corrected chi connectivity index (χ0v) is 21.3. The van der Waals surface area contributed by atoms with Crippen molar-refractivity contribution >= 4 is 27.5 Å². The van der Waals surface area contributed by atoms with Gasteiger partial charge in [-0.15, -0.1) is 0 Å². The second-order valence-electron chi connectivity index (χ2n) is 10.2. The van der Waals surface area contributed by atoms with E-state index < -0.39 is 21.9 Å². The van der Waals surface area contributed by atoms with E-state index in [-0.39, 0.29) is 41.6 Å². The summed E-state index contributed by atoms with van der Waals surface area (Å²) in [7, 11) is -3.73. The molecule has 0 unspecified atom stereocenters. The van der Waals surface area contributed by atoms with Gasteiger partial charge in [-0.3, -0.25) is 14.5 Å². The van der Waals surface area contributed by atoms with Crippen molar-refractivity contribution < 1.29 is 18.0 Å². The van der Waals surface area contributed by atoms with Crippen LogP contribution in [0.4, 0.5) is 5.69 Å². The molecule has 6 rings (SSSR count). The van der Waals surface area contributed by atoms with Gasteiger partial charge in [0.25, 0.3) is 0 Å². The lowest BCUT2D eigenvalue weighted by atomic mass is 9.68. The SMILES string of the molecule is Cc1ccc(S(=O)(=O)N2CC3=C[C@@H](Cc4ccccc4)[C@H]4C(=O)N(c5ccccc5)C(=O)[C@H]4[C@H]3C2)cc1. The molecule has 2 saturated heterocycles. The van der Waals surface area contributed by atoms with Crippen LogP contribution in [-0.4, -0.2) is 37.6 Å². The van der Waals surface area contributed by atoms with E-state index >= 15 is 0 Å². The highest BCUT2D eigenvalue weighted by Gasteiger charge is 2.58. The Morgan fingerprint density at radius 2 is 1.43 bits per heavy atom. The third kappa shape index (κ3) is 4.03. The highest BCUT2D eigenvalue weighted by molar-refractivity contribution is 7.89. The number of para-hydroxylation sites is 1. The zero-order chi connectivity index (χ0) is 25.7. The number of carbonyl (C=O) groups excluding carboxylic acids is 2. The maximum absolute atomic E-state index is 13.9. The molecule has 0 radical (unpaired) electrons. The van der Waals surface area contributed by atoms with E-state index in [1.165, 1.54) is 9.21 Å². The number of hydrogen-bond donors (Lipinski definition) is 0. The molecule has 0 N–H and O–H groups in total. The lowest BCUT2D eigenvalue weighted by Gasteiger charge is -2.32. The van der Waals surface area contributed by atoms with Gasteiger partial charge in [-0.25, -0.2) is 8.42 Å². The number of benzene rings is 3. The van der Waals surface area contributed by atoms with Gasteiger partial charge in [0.2, 0.25) is 21.8 Å². The quantitative estimate of drug-likeness (QED) is 0.379. The number of hydrogen-bond acceptors (Lipinski definition) is 4. The van der Waals surface area contributed by atoms with Crippen LogP contribution in [0.2, 0.25) is 0 Å². The van der Waals surface area contributed by atoms with Crippen LogP contribution in [0.1, 0.15) is 11.1 Å².